The zero-order chi connectivity index (χ0) is 18.9. The van der Waals surface area contributed by atoms with Gasteiger partial charge in [-0.2, -0.15) is 18.2 Å². The van der Waals surface area contributed by atoms with Crippen molar-refractivity contribution in [2.75, 3.05) is 0 Å². The van der Waals surface area contributed by atoms with E-state index in [-0.39, 0.29) is 5.92 Å². The summed E-state index contributed by atoms with van der Waals surface area (Å²) < 4.78 is 54.3. The third-order valence-corrected chi connectivity index (χ3v) is 5.25. The van der Waals surface area contributed by atoms with Crippen LogP contribution in [0.15, 0.2) is 23.2 Å². The molecule has 0 bridgehead atoms. The zero-order valence-electron chi connectivity index (χ0n) is 14.2. The summed E-state index contributed by atoms with van der Waals surface area (Å²) in [7, 11) is 0. The van der Waals surface area contributed by atoms with Crippen molar-refractivity contribution in [2.24, 2.45) is 4.99 Å². The highest BCUT2D eigenvalue weighted by Crippen LogP contribution is 2.32. The number of alkyl halides is 3. The van der Waals surface area contributed by atoms with E-state index in [1.807, 2.05) is 27.7 Å². The summed E-state index contributed by atoms with van der Waals surface area (Å²) in [6.45, 7) is 8.31. The minimum atomic E-state index is -4.87. The van der Waals surface area contributed by atoms with E-state index in [0.717, 1.165) is 22.7 Å². The summed E-state index contributed by atoms with van der Waals surface area (Å²) in [4.78, 5) is 17.6. The lowest BCUT2D eigenvalue weighted by Gasteiger charge is -2.09. The first-order valence-corrected chi connectivity index (χ1v) is 8.54. The van der Waals surface area contributed by atoms with E-state index in [2.05, 4.69) is 4.99 Å². The van der Waals surface area contributed by atoms with Gasteiger partial charge in [0.1, 0.15) is 5.82 Å². The first kappa shape index (κ1) is 19.4. The standard InChI is InChI=1S/C17H18F4N2OS/c1-5-23-10(4)14(9(2)3)25-16(23)22-15(24)11-7-6-8-12(13(11)18)17(19,20)21/h6-9H,5H2,1-4H3. The van der Waals surface area contributed by atoms with E-state index in [9.17, 15) is 22.4 Å². The Labute approximate surface area is 146 Å². The Bertz CT molecular complexity index is 863. The summed E-state index contributed by atoms with van der Waals surface area (Å²) in [5.41, 5.74) is -1.21. The van der Waals surface area contributed by atoms with E-state index < -0.39 is 29.0 Å². The van der Waals surface area contributed by atoms with Crippen molar-refractivity contribution >= 4 is 17.2 Å². The maximum atomic E-state index is 14.1. The molecule has 136 valence electrons. The molecular formula is C17H18F4N2OS. The lowest BCUT2D eigenvalue weighted by atomic mass is 10.1. The summed E-state index contributed by atoms with van der Waals surface area (Å²) in [6.07, 6.45) is -4.87. The van der Waals surface area contributed by atoms with Gasteiger partial charge in [-0.15, -0.1) is 11.3 Å². The molecule has 25 heavy (non-hydrogen) atoms. The number of carbonyl (C=O) groups excluding carboxylic acids is 1. The Balaban J connectivity index is 2.58. The summed E-state index contributed by atoms with van der Waals surface area (Å²) in [5, 5.41) is 0. The second kappa shape index (κ2) is 7.11. The number of thiazole rings is 1. The Hall–Kier alpha value is -1.96. The smallest absolute Gasteiger partial charge is 0.321 e. The van der Waals surface area contributed by atoms with Crippen LogP contribution in [0.3, 0.4) is 0 Å². The van der Waals surface area contributed by atoms with Crippen LogP contribution in [0, 0.1) is 12.7 Å². The Morgan fingerprint density at radius 2 is 1.96 bits per heavy atom. The van der Waals surface area contributed by atoms with Crippen LogP contribution in [0.25, 0.3) is 0 Å². The van der Waals surface area contributed by atoms with Gasteiger partial charge < -0.3 is 4.57 Å². The average Bonchev–Trinajstić information content (AvgIpc) is 2.82. The normalized spacial score (nSPS) is 12.9. The topological polar surface area (TPSA) is 34.4 Å². The molecule has 0 fully saturated rings. The number of aromatic nitrogens is 1. The van der Waals surface area contributed by atoms with Crippen LogP contribution < -0.4 is 4.80 Å². The molecule has 0 saturated carbocycles. The van der Waals surface area contributed by atoms with E-state index in [1.54, 1.807) is 4.57 Å². The number of hydrogen-bond donors (Lipinski definition) is 0. The summed E-state index contributed by atoms with van der Waals surface area (Å²) in [5.74, 6) is -2.40. The van der Waals surface area contributed by atoms with Crippen LogP contribution in [0.2, 0.25) is 0 Å². The van der Waals surface area contributed by atoms with Crippen molar-refractivity contribution in [1.29, 1.82) is 0 Å². The van der Waals surface area contributed by atoms with E-state index >= 15 is 0 Å². The molecule has 0 aliphatic heterocycles. The molecular weight excluding hydrogens is 356 g/mol. The van der Waals surface area contributed by atoms with Gasteiger partial charge in [-0.25, -0.2) is 4.39 Å². The maximum Gasteiger partial charge on any atom is 0.419 e. The van der Waals surface area contributed by atoms with Crippen molar-refractivity contribution in [3.8, 4) is 0 Å². The third kappa shape index (κ3) is 3.84. The predicted octanol–water partition coefficient (Wildman–Crippen LogP) is 4.90. The van der Waals surface area contributed by atoms with Crippen LogP contribution in [-0.4, -0.2) is 10.5 Å². The molecule has 0 saturated heterocycles. The number of amides is 1. The number of nitrogens with zero attached hydrogens (tertiary/aromatic N) is 2. The number of rotatable bonds is 3. The van der Waals surface area contributed by atoms with Gasteiger partial charge in [-0.05, 0) is 31.9 Å². The largest absolute Gasteiger partial charge is 0.419 e. The van der Waals surface area contributed by atoms with E-state index in [4.69, 9.17) is 0 Å². The Morgan fingerprint density at radius 1 is 1.32 bits per heavy atom. The van der Waals surface area contributed by atoms with Crippen LogP contribution in [0.4, 0.5) is 17.6 Å². The van der Waals surface area contributed by atoms with Crippen LogP contribution in [0.1, 0.15) is 53.2 Å². The van der Waals surface area contributed by atoms with Gasteiger partial charge in [0.15, 0.2) is 4.80 Å². The summed E-state index contributed by atoms with van der Waals surface area (Å²) in [6, 6.07) is 2.61. The van der Waals surface area contributed by atoms with Crippen molar-refractivity contribution in [2.45, 2.75) is 46.3 Å². The summed E-state index contributed by atoms with van der Waals surface area (Å²) >= 11 is 1.29. The molecule has 0 aliphatic rings. The molecule has 1 aromatic heterocycles. The number of carbonyl (C=O) groups is 1. The van der Waals surface area contributed by atoms with Gasteiger partial charge in [-0.3, -0.25) is 4.79 Å². The van der Waals surface area contributed by atoms with Crippen LogP contribution in [0.5, 0.6) is 0 Å². The second-order valence-electron chi connectivity index (χ2n) is 5.82. The molecule has 0 atom stereocenters. The van der Waals surface area contributed by atoms with Crippen molar-refractivity contribution in [3.05, 3.63) is 50.5 Å². The molecule has 0 N–H and O–H groups in total. The van der Waals surface area contributed by atoms with Gasteiger partial charge in [0, 0.05) is 17.1 Å². The van der Waals surface area contributed by atoms with Crippen LogP contribution in [-0.2, 0) is 12.7 Å². The third-order valence-electron chi connectivity index (χ3n) is 3.77. The molecule has 2 aromatic rings. The van der Waals surface area contributed by atoms with Gasteiger partial charge in [0.2, 0.25) is 0 Å². The monoisotopic (exact) mass is 374 g/mol. The van der Waals surface area contributed by atoms with Gasteiger partial charge in [0.25, 0.3) is 5.91 Å². The first-order valence-electron chi connectivity index (χ1n) is 7.72. The quantitative estimate of drug-likeness (QED) is 0.704. The second-order valence-corrected chi connectivity index (χ2v) is 6.82. The molecule has 0 radical (unpaired) electrons. The Morgan fingerprint density at radius 3 is 2.48 bits per heavy atom. The molecule has 3 nitrogen and oxygen atoms in total. The molecule has 1 aromatic carbocycles. The highest BCUT2D eigenvalue weighted by molar-refractivity contribution is 7.09. The molecule has 2 rings (SSSR count). The molecule has 1 amide bonds. The van der Waals surface area contributed by atoms with Crippen molar-refractivity contribution in [1.82, 2.24) is 4.57 Å². The van der Waals surface area contributed by atoms with E-state index in [1.165, 1.54) is 11.3 Å². The SMILES string of the molecule is CCn1c(C)c(C(C)C)sc1=NC(=O)c1cccc(C(F)(F)F)c1F. The fraction of sp³-hybridized carbons (Fsp3) is 0.412. The lowest BCUT2D eigenvalue weighted by Crippen LogP contribution is -2.18. The highest BCUT2D eigenvalue weighted by atomic mass is 32.1. The molecule has 0 aliphatic carbocycles. The molecule has 1 heterocycles. The minimum Gasteiger partial charge on any atom is -0.321 e. The molecule has 0 spiro atoms. The minimum absolute atomic E-state index is 0.215. The molecule has 0 unspecified atom stereocenters. The van der Waals surface area contributed by atoms with Gasteiger partial charge in [-0.1, -0.05) is 19.9 Å². The van der Waals surface area contributed by atoms with Crippen LogP contribution >= 0.6 is 11.3 Å². The molecule has 8 heteroatoms. The maximum absolute atomic E-state index is 14.1. The number of benzene rings is 1. The lowest BCUT2D eigenvalue weighted by molar-refractivity contribution is -0.140. The van der Waals surface area contributed by atoms with Crippen molar-refractivity contribution in [3.63, 3.8) is 0 Å². The zero-order valence-corrected chi connectivity index (χ0v) is 15.1. The van der Waals surface area contributed by atoms with Crippen molar-refractivity contribution < 1.29 is 22.4 Å². The number of halogens is 4. The highest BCUT2D eigenvalue weighted by Gasteiger charge is 2.35. The first-order chi connectivity index (χ1) is 11.6. The fourth-order valence-corrected chi connectivity index (χ4v) is 3.75. The fourth-order valence-electron chi connectivity index (χ4n) is 2.56. The average molecular weight is 374 g/mol. The van der Waals surface area contributed by atoms with E-state index in [0.29, 0.717) is 17.4 Å². The van der Waals surface area contributed by atoms with Gasteiger partial charge in [0.05, 0.1) is 11.1 Å². The number of hydrogen-bond acceptors (Lipinski definition) is 2. The predicted molar refractivity (Wildman–Crippen MR) is 88.1 cm³/mol. The Kier molecular flexibility index (Phi) is 5.51. The van der Waals surface area contributed by atoms with Gasteiger partial charge >= 0.3 is 6.18 Å².